The van der Waals surface area contributed by atoms with Crippen molar-refractivity contribution in [3.8, 4) is 0 Å². The lowest BCUT2D eigenvalue weighted by molar-refractivity contribution is 0.619. The van der Waals surface area contributed by atoms with Crippen LogP contribution in [0.15, 0.2) is 5.38 Å². The molecule has 6 heteroatoms. The van der Waals surface area contributed by atoms with Gasteiger partial charge in [-0.1, -0.05) is 6.92 Å². The van der Waals surface area contributed by atoms with Crippen LogP contribution >= 0.6 is 11.3 Å². The number of aromatic nitrogens is 2. The van der Waals surface area contributed by atoms with Crippen molar-refractivity contribution in [1.82, 2.24) is 14.7 Å². The van der Waals surface area contributed by atoms with Crippen molar-refractivity contribution in [2.75, 3.05) is 12.8 Å². The number of aryl methyl sites for hydroxylation is 2. The smallest absolute Gasteiger partial charge is 0.194 e. The van der Waals surface area contributed by atoms with E-state index in [4.69, 9.17) is 0 Å². The second-order valence-corrected chi connectivity index (χ2v) is 7.55. The van der Waals surface area contributed by atoms with Crippen LogP contribution in [0, 0.1) is 13.8 Å². The molecule has 2 aromatic heterocycles. The van der Waals surface area contributed by atoms with Gasteiger partial charge in [-0.3, -0.25) is 8.61 Å². The highest BCUT2D eigenvalue weighted by molar-refractivity contribution is 7.84. The molecule has 0 radical (unpaired) electrons. The third kappa shape index (κ3) is 3.24. The van der Waals surface area contributed by atoms with Gasteiger partial charge in [0.15, 0.2) is 4.96 Å². The van der Waals surface area contributed by atoms with Gasteiger partial charge < -0.3 is 5.32 Å². The number of imidazole rings is 1. The maximum absolute atomic E-state index is 11.3. The van der Waals surface area contributed by atoms with Crippen LogP contribution in [0.25, 0.3) is 4.96 Å². The monoisotopic (exact) mass is 299 g/mol. The van der Waals surface area contributed by atoms with Crippen LogP contribution in [0.4, 0.5) is 0 Å². The minimum absolute atomic E-state index is 0.252. The van der Waals surface area contributed by atoms with Gasteiger partial charge in [-0.15, -0.1) is 11.3 Å². The highest BCUT2D eigenvalue weighted by Gasteiger charge is 2.12. The first-order valence-corrected chi connectivity index (χ1v) is 8.95. The summed E-state index contributed by atoms with van der Waals surface area (Å²) in [6, 6.07) is 0. The van der Waals surface area contributed by atoms with Gasteiger partial charge in [-0.2, -0.15) is 0 Å². The fourth-order valence-electron chi connectivity index (χ4n) is 2.05. The fraction of sp³-hybridized carbons (Fsp3) is 0.615. The highest BCUT2D eigenvalue weighted by Crippen LogP contribution is 2.20. The first kappa shape index (κ1) is 14.7. The van der Waals surface area contributed by atoms with Crippen molar-refractivity contribution in [2.24, 2.45) is 0 Å². The van der Waals surface area contributed by atoms with Crippen molar-refractivity contribution in [3.63, 3.8) is 0 Å². The average Bonchev–Trinajstić information content (AvgIpc) is 2.85. The molecule has 1 N–H and O–H groups in total. The lowest BCUT2D eigenvalue weighted by Crippen LogP contribution is -2.22. The molecule has 0 spiro atoms. The average molecular weight is 299 g/mol. The van der Waals surface area contributed by atoms with E-state index in [1.807, 2.05) is 6.92 Å². The molecule has 0 amide bonds. The third-order valence-corrected chi connectivity index (χ3v) is 5.73. The van der Waals surface area contributed by atoms with Crippen molar-refractivity contribution < 1.29 is 4.21 Å². The van der Waals surface area contributed by atoms with Gasteiger partial charge in [-0.25, -0.2) is 4.98 Å². The number of hydrogen-bond donors (Lipinski definition) is 1. The lowest BCUT2D eigenvalue weighted by Gasteiger charge is -2.09. The molecule has 0 aliphatic rings. The molecule has 0 aliphatic heterocycles. The normalized spacial score (nSPS) is 14.9. The Labute approximate surface area is 120 Å². The molecule has 0 bridgehead atoms. The molecule has 0 aromatic carbocycles. The van der Waals surface area contributed by atoms with Crippen LogP contribution in [-0.2, 0) is 17.3 Å². The SMILES string of the molecule is Cc1nc2scc(C)n2c1CNCCC(C)S(C)=O. The molecule has 19 heavy (non-hydrogen) atoms. The van der Waals surface area contributed by atoms with Gasteiger partial charge in [0.2, 0.25) is 0 Å². The van der Waals surface area contributed by atoms with Crippen LogP contribution in [-0.4, -0.2) is 31.6 Å². The topological polar surface area (TPSA) is 46.4 Å². The second kappa shape index (κ2) is 6.15. The molecule has 0 saturated heterocycles. The highest BCUT2D eigenvalue weighted by atomic mass is 32.2. The molecule has 2 rings (SSSR count). The number of thiazole rings is 1. The Hall–Kier alpha value is -0.720. The predicted octanol–water partition coefficient (Wildman–Crippen LogP) is 2.26. The Bertz CT molecular complexity index is 588. The minimum atomic E-state index is -0.730. The third-order valence-electron chi connectivity index (χ3n) is 3.42. The van der Waals surface area contributed by atoms with E-state index in [2.05, 4.69) is 33.9 Å². The summed E-state index contributed by atoms with van der Waals surface area (Å²) in [6.07, 6.45) is 2.71. The number of nitrogens with zero attached hydrogens (tertiary/aromatic N) is 2. The van der Waals surface area contributed by atoms with Crippen molar-refractivity contribution in [3.05, 3.63) is 22.5 Å². The molecular weight excluding hydrogens is 278 g/mol. The lowest BCUT2D eigenvalue weighted by atomic mass is 10.3. The van der Waals surface area contributed by atoms with Gasteiger partial charge >= 0.3 is 0 Å². The van der Waals surface area contributed by atoms with Gasteiger partial charge in [0.1, 0.15) is 0 Å². The second-order valence-electron chi connectivity index (χ2n) is 4.91. The molecular formula is C13H21N3OS2. The summed E-state index contributed by atoms with van der Waals surface area (Å²) in [6.45, 7) is 7.89. The maximum atomic E-state index is 11.3. The summed E-state index contributed by atoms with van der Waals surface area (Å²) < 4.78 is 13.5. The van der Waals surface area contributed by atoms with Crippen molar-refractivity contribution in [2.45, 2.75) is 39.0 Å². The quantitative estimate of drug-likeness (QED) is 0.832. The molecule has 0 fully saturated rings. The minimum Gasteiger partial charge on any atom is -0.311 e. The Morgan fingerprint density at radius 3 is 2.95 bits per heavy atom. The summed E-state index contributed by atoms with van der Waals surface area (Å²) in [5, 5.41) is 5.82. The van der Waals surface area contributed by atoms with Crippen molar-refractivity contribution in [1.29, 1.82) is 0 Å². The van der Waals surface area contributed by atoms with E-state index in [-0.39, 0.29) is 5.25 Å². The van der Waals surface area contributed by atoms with Crippen LogP contribution < -0.4 is 5.32 Å². The van der Waals surface area contributed by atoms with Crippen LogP contribution in [0.5, 0.6) is 0 Å². The Morgan fingerprint density at radius 2 is 2.26 bits per heavy atom. The zero-order valence-corrected chi connectivity index (χ0v) is 13.5. The largest absolute Gasteiger partial charge is 0.311 e. The van der Waals surface area contributed by atoms with Crippen molar-refractivity contribution >= 4 is 27.1 Å². The zero-order chi connectivity index (χ0) is 14.0. The summed E-state index contributed by atoms with van der Waals surface area (Å²) in [7, 11) is -0.730. The first-order chi connectivity index (χ1) is 9.00. The first-order valence-electron chi connectivity index (χ1n) is 6.45. The van der Waals surface area contributed by atoms with E-state index in [9.17, 15) is 4.21 Å². The Kier molecular flexibility index (Phi) is 4.76. The summed E-state index contributed by atoms with van der Waals surface area (Å²) in [4.78, 5) is 5.63. The molecule has 2 aromatic rings. The molecule has 106 valence electrons. The number of rotatable bonds is 6. The fourth-order valence-corrected chi connectivity index (χ4v) is 3.43. The van der Waals surface area contributed by atoms with E-state index >= 15 is 0 Å². The zero-order valence-electron chi connectivity index (χ0n) is 11.9. The van der Waals surface area contributed by atoms with Gasteiger partial charge in [0.25, 0.3) is 0 Å². The summed E-state index contributed by atoms with van der Waals surface area (Å²) >= 11 is 1.68. The van der Waals surface area contributed by atoms with Crippen LogP contribution in [0.2, 0.25) is 0 Å². The summed E-state index contributed by atoms with van der Waals surface area (Å²) in [5.74, 6) is 0. The maximum Gasteiger partial charge on any atom is 0.194 e. The molecule has 0 aliphatic carbocycles. The van der Waals surface area contributed by atoms with Gasteiger partial charge in [0, 0.05) is 39.9 Å². The van der Waals surface area contributed by atoms with Crippen LogP contribution in [0.3, 0.4) is 0 Å². The summed E-state index contributed by atoms with van der Waals surface area (Å²) in [5.41, 5.74) is 3.56. The number of fused-ring (bicyclic) bond motifs is 1. The van der Waals surface area contributed by atoms with E-state index in [0.29, 0.717) is 0 Å². The van der Waals surface area contributed by atoms with Gasteiger partial charge in [0.05, 0.1) is 11.4 Å². The standard InChI is InChI=1S/C13H21N3OS2/c1-9-8-18-13-15-11(3)12(16(9)13)7-14-6-5-10(2)19(4)17/h8,10,14H,5-7H2,1-4H3. The van der Waals surface area contributed by atoms with E-state index in [1.165, 1.54) is 11.4 Å². The Balaban J connectivity index is 1.96. The Morgan fingerprint density at radius 1 is 1.53 bits per heavy atom. The molecule has 2 heterocycles. The van der Waals surface area contributed by atoms with E-state index in [0.717, 1.165) is 30.2 Å². The van der Waals surface area contributed by atoms with Gasteiger partial charge in [-0.05, 0) is 26.8 Å². The van der Waals surface area contributed by atoms with E-state index in [1.54, 1.807) is 17.6 Å². The number of hydrogen-bond acceptors (Lipinski definition) is 4. The molecule has 2 unspecified atom stereocenters. The molecule has 0 saturated carbocycles. The van der Waals surface area contributed by atoms with Crippen LogP contribution in [0.1, 0.15) is 30.4 Å². The molecule has 4 nitrogen and oxygen atoms in total. The number of nitrogens with one attached hydrogen (secondary N) is 1. The predicted molar refractivity (Wildman–Crippen MR) is 82.4 cm³/mol. The van der Waals surface area contributed by atoms with E-state index < -0.39 is 10.8 Å². The molecule has 2 atom stereocenters.